The van der Waals surface area contributed by atoms with Crippen LogP contribution in [0, 0.1) is 0 Å². The fourth-order valence-electron chi connectivity index (χ4n) is 0.667. The smallest absolute Gasteiger partial charge is 0.0552 e. The summed E-state index contributed by atoms with van der Waals surface area (Å²) in [4.78, 5) is 0. The van der Waals surface area contributed by atoms with Gasteiger partial charge in [-0.3, -0.25) is 0 Å². The van der Waals surface area contributed by atoms with Gasteiger partial charge in [-0.2, -0.15) is 47.0 Å². The molecule has 14 nitrogen and oxygen atoms in total. The van der Waals surface area contributed by atoms with Gasteiger partial charge in [0, 0.05) is 57.7 Å². The monoisotopic (exact) mass is 664 g/mol. The summed E-state index contributed by atoms with van der Waals surface area (Å²) in [5, 5.41) is 0. The molecule has 1 unspecified atom stereocenters. The van der Waals surface area contributed by atoms with Gasteiger partial charge in [-0.05, 0) is 25.0 Å². The molecule has 0 aliphatic rings. The Kier molecular flexibility index (Phi) is 292. The Bertz CT molecular complexity index is 193. The van der Waals surface area contributed by atoms with Crippen LogP contribution in [0.4, 0.5) is 0 Å². The second-order valence-electron chi connectivity index (χ2n) is 4.54. The van der Waals surface area contributed by atoms with Gasteiger partial charge in [0.15, 0.2) is 0 Å². The normalized spacial score (nSPS) is 7.51. The molecule has 0 aliphatic carbocycles. The van der Waals surface area contributed by atoms with Crippen LogP contribution < -0.4 is 0 Å². The second-order valence-corrected chi connectivity index (χ2v) is 9.69. The molecule has 1 atom stereocenters. The average Bonchev–Trinajstić information content (AvgIpc) is 2.68. The fraction of sp³-hybridized carbons (Fsp3) is 0.944. The van der Waals surface area contributed by atoms with Gasteiger partial charge >= 0.3 is 0 Å². The van der Waals surface area contributed by atoms with Gasteiger partial charge in [-0.1, -0.05) is 16.6 Å². The zero-order valence-corrected chi connectivity index (χ0v) is 28.1. The van der Waals surface area contributed by atoms with Crippen LogP contribution in [-0.2, 0) is 18.9 Å². The Hall–Kier alpha value is 1.06. The summed E-state index contributed by atoms with van der Waals surface area (Å²) >= 11 is 7.20. The molecule has 0 aromatic carbocycles. The summed E-state index contributed by atoms with van der Waals surface area (Å²) in [6.07, 6.45) is 9.91. The van der Waals surface area contributed by atoms with E-state index in [9.17, 15) is 0 Å². The van der Waals surface area contributed by atoms with E-state index in [0.29, 0.717) is 0 Å². The highest BCUT2D eigenvalue weighted by Crippen LogP contribution is 1.89. The third-order valence-corrected chi connectivity index (χ3v) is 4.27. The first-order valence-electron chi connectivity index (χ1n) is 8.45. The summed E-state index contributed by atoms with van der Waals surface area (Å²) in [7, 11) is 6.26. The van der Waals surface area contributed by atoms with Crippen molar-refractivity contribution >= 4 is 63.7 Å². The molecule has 0 amide bonds. The molecule has 0 bridgehead atoms. The molecule has 0 heterocycles. The number of hydrogen-bond donors (Lipinski definition) is 1. The first-order valence-corrected chi connectivity index (χ1v) is 15.8. The zero-order valence-electron chi connectivity index (χ0n) is 24.0. The maximum absolute atomic E-state index is 7.97. The van der Waals surface area contributed by atoms with Gasteiger partial charge in [0.1, 0.15) is 0 Å². The Morgan fingerprint density at radius 2 is 0.595 bits per heavy atom. The van der Waals surface area contributed by atoms with Crippen molar-refractivity contribution in [1.29, 1.82) is 0 Å². The van der Waals surface area contributed by atoms with Gasteiger partial charge in [-0.25, -0.2) is 0 Å². The maximum Gasteiger partial charge on any atom is 0.0552 e. The molecule has 0 aromatic heterocycles. The van der Waals surface area contributed by atoms with E-state index in [0.717, 1.165) is 49.4 Å². The highest BCUT2D eigenvalue weighted by molar-refractivity contribution is 8.08. The summed E-state index contributed by atoms with van der Waals surface area (Å²) in [6, 6.07) is 0. The standard InChI is InChI=1S/4C4H10OS.C2H6OS.9H2O/c4*1-5-3-4-6-2;1-4(2)3;;;;;;;;;/h4*3-4H2,1-2H3;3H,1H2,2H3;9*1H2. The van der Waals surface area contributed by atoms with Crippen molar-refractivity contribution in [3.63, 3.8) is 0 Å². The highest BCUT2D eigenvalue weighted by atomic mass is 32.2. The predicted molar refractivity (Wildman–Crippen MR) is 177 cm³/mol. The molecule has 0 aromatic rings. The number of ether oxygens (including phenoxy) is 4. The van der Waals surface area contributed by atoms with Gasteiger partial charge in [0.25, 0.3) is 0 Å². The molecule has 0 aliphatic heterocycles. The van der Waals surface area contributed by atoms with Gasteiger partial charge in [0.05, 0.1) is 26.4 Å². The zero-order chi connectivity index (χ0) is 22.9. The minimum Gasteiger partial charge on any atom is -0.412 e. The van der Waals surface area contributed by atoms with Crippen molar-refractivity contribution in [2.45, 2.75) is 0 Å². The Balaban J connectivity index is -0.0000000141. The van der Waals surface area contributed by atoms with Crippen LogP contribution in [0.3, 0.4) is 0 Å². The molecule has 0 spiro atoms. The van der Waals surface area contributed by atoms with Crippen molar-refractivity contribution in [3.8, 4) is 0 Å². The third kappa shape index (κ3) is 267. The number of rotatable bonds is 12. The molecule has 37 heavy (non-hydrogen) atoms. The quantitative estimate of drug-likeness (QED) is 0.168. The molecule has 0 rings (SSSR count). The summed E-state index contributed by atoms with van der Waals surface area (Å²) in [5.41, 5.74) is 0. The van der Waals surface area contributed by atoms with Crippen molar-refractivity contribution in [1.82, 2.24) is 0 Å². The first kappa shape index (κ1) is 90.3. The summed E-state index contributed by atoms with van der Waals surface area (Å²) < 4.78 is 27.0. The third-order valence-electron chi connectivity index (χ3n) is 1.97. The lowest BCUT2D eigenvalue weighted by molar-refractivity contribution is 0.218. The van der Waals surface area contributed by atoms with Crippen molar-refractivity contribution < 1.29 is 72.8 Å². The average molecular weight is 665 g/mol. The van der Waals surface area contributed by atoms with Crippen molar-refractivity contribution in [2.24, 2.45) is 0 Å². The Morgan fingerprint density at radius 1 is 0.486 bits per heavy atom. The number of methoxy groups -OCH3 is 4. The van der Waals surface area contributed by atoms with Crippen molar-refractivity contribution in [3.05, 3.63) is 0 Å². The first-order chi connectivity index (χ1) is 13.4. The maximum atomic E-state index is 7.97. The molecule has 0 saturated heterocycles. The molecule has 19 heteroatoms. The van der Waals surface area contributed by atoms with Crippen LogP contribution in [0.25, 0.3) is 0 Å². The van der Waals surface area contributed by atoms with Crippen LogP contribution in [0.1, 0.15) is 0 Å². The minimum atomic E-state index is -0.611. The van der Waals surface area contributed by atoms with Crippen LogP contribution in [0.2, 0.25) is 0 Å². The summed E-state index contributed by atoms with van der Waals surface area (Å²) in [5.74, 6) is 7.65. The van der Waals surface area contributed by atoms with E-state index in [1.807, 2.05) is 0 Å². The largest absolute Gasteiger partial charge is 0.412 e. The van der Waals surface area contributed by atoms with Gasteiger partial charge in [-0.15, -0.1) is 0 Å². The van der Waals surface area contributed by atoms with Crippen LogP contribution in [0.15, 0.2) is 0 Å². The molecular formula is C18H64O14S5. The number of hydrogen-bond acceptors (Lipinski definition) is 9. The summed E-state index contributed by atoms with van der Waals surface area (Å²) in [6.45, 7) is 3.50. The van der Waals surface area contributed by atoms with E-state index in [2.05, 4.69) is 30.9 Å². The SMILES string of the molecule is C=S(C)O.COCCSC.COCCSC.COCCSC.COCCSC.O.O.O.O.O.O.O.O.O. The van der Waals surface area contributed by atoms with Crippen molar-refractivity contribution in [2.75, 3.05) is 109 Å². The Morgan fingerprint density at radius 3 is 0.622 bits per heavy atom. The lowest BCUT2D eigenvalue weighted by Crippen LogP contribution is -1.88. The fourth-order valence-corrected chi connectivity index (χ4v) is 2.00. The molecular weight excluding hydrogens is 601 g/mol. The van der Waals surface area contributed by atoms with E-state index in [1.165, 1.54) is 0 Å². The van der Waals surface area contributed by atoms with E-state index in [-0.39, 0.29) is 49.3 Å². The van der Waals surface area contributed by atoms with Crippen LogP contribution in [0.5, 0.6) is 0 Å². The second kappa shape index (κ2) is 120. The lowest BCUT2D eigenvalue weighted by Gasteiger charge is -1.89. The van der Waals surface area contributed by atoms with E-state index >= 15 is 0 Å². The molecule has 0 radical (unpaired) electrons. The molecule has 0 saturated carbocycles. The predicted octanol–water partition coefficient (Wildman–Crippen LogP) is -2.65. The van der Waals surface area contributed by atoms with E-state index in [1.54, 1.807) is 81.7 Å². The van der Waals surface area contributed by atoms with Gasteiger partial charge in [0.2, 0.25) is 0 Å². The van der Waals surface area contributed by atoms with Gasteiger partial charge < -0.3 is 72.8 Å². The Labute approximate surface area is 245 Å². The molecule has 19 N–H and O–H groups in total. The molecule has 0 fully saturated rings. The van der Waals surface area contributed by atoms with E-state index in [4.69, 9.17) is 23.5 Å². The lowest BCUT2D eigenvalue weighted by atomic mass is 10.9. The van der Waals surface area contributed by atoms with E-state index < -0.39 is 10.8 Å². The van der Waals surface area contributed by atoms with Crippen LogP contribution >= 0.6 is 57.8 Å². The molecule has 250 valence electrons. The topological polar surface area (TPSA) is 341 Å². The minimum absolute atomic E-state index is 0. The highest BCUT2D eigenvalue weighted by Gasteiger charge is 1.76. The number of thioether (sulfide) groups is 4. The van der Waals surface area contributed by atoms with Crippen LogP contribution in [-0.4, -0.2) is 169 Å².